The summed E-state index contributed by atoms with van der Waals surface area (Å²) in [5.41, 5.74) is 2.61. The molecule has 9 heteroatoms. The topological polar surface area (TPSA) is 86.8 Å². The average Bonchev–Trinajstić information content (AvgIpc) is 2.79. The molecule has 0 spiro atoms. The fraction of sp³-hybridized carbons (Fsp3) is 0.462. The molecular weight excluding hydrogens is 469 g/mol. The molecule has 0 heterocycles. The second kappa shape index (κ2) is 12.2. The van der Waals surface area contributed by atoms with Crippen molar-refractivity contribution in [3.8, 4) is 0 Å². The molecule has 0 aliphatic rings. The number of rotatable bonds is 11. The Bertz CT molecular complexity index is 1140. The van der Waals surface area contributed by atoms with Crippen LogP contribution in [-0.4, -0.2) is 50.0 Å². The summed E-state index contributed by atoms with van der Waals surface area (Å²) in [5.74, 6) is -1.24. The van der Waals surface area contributed by atoms with Gasteiger partial charge in [0.15, 0.2) is 0 Å². The van der Waals surface area contributed by atoms with Gasteiger partial charge in [-0.1, -0.05) is 38.1 Å². The second-order valence-corrected chi connectivity index (χ2v) is 10.9. The molecule has 7 nitrogen and oxygen atoms in total. The highest BCUT2D eigenvalue weighted by Crippen LogP contribution is 2.25. The monoisotopic (exact) mass is 505 g/mol. The van der Waals surface area contributed by atoms with Gasteiger partial charge in [-0.05, 0) is 68.5 Å². The highest BCUT2D eigenvalue weighted by molar-refractivity contribution is 7.92. The van der Waals surface area contributed by atoms with Crippen molar-refractivity contribution < 1.29 is 22.4 Å². The van der Waals surface area contributed by atoms with E-state index in [0.717, 1.165) is 22.5 Å². The Morgan fingerprint density at radius 3 is 2.20 bits per heavy atom. The predicted octanol–water partition coefficient (Wildman–Crippen LogP) is 3.93. The van der Waals surface area contributed by atoms with Gasteiger partial charge >= 0.3 is 0 Å². The van der Waals surface area contributed by atoms with E-state index >= 15 is 0 Å². The van der Waals surface area contributed by atoms with Gasteiger partial charge in [-0.25, -0.2) is 12.8 Å². The molecule has 192 valence electrons. The number of benzene rings is 2. The Morgan fingerprint density at radius 2 is 1.66 bits per heavy atom. The predicted molar refractivity (Wildman–Crippen MR) is 137 cm³/mol. The number of hydrogen-bond donors (Lipinski definition) is 1. The van der Waals surface area contributed by atoms with Crippen LogP contribution in [0.15, 0.2) is 42.5 Å². The third-order valence-corrected chi connectivity index (χ3v) is 7.09. The third-order valence-electron chi connectivity index (χ3n) is 5.97. The maximum Gasteiger partial charge on any atom is 0.244 e. The first-order chi connectivity index (χ1) is 16.4. The van der Waals surface area contributed by atoms with Crippen molar-refractivity contribution in [3.63, 3.8) is 0 Å². The van der Waals surface area contributed by atoms with Crippen molar-refractivity contribution in [2.45, 2.75) is 66.1 Å². The van der Waals surface area contributed by atoms with E-state index < -0.39 is 34.3 Å². The first-order valence-electron chi connectivity index (χ1n) is 11.8. The zero-order valence-electron chi connectivity index (χ0n) is 21.3. The Hall–Kier alpha value is -2.94. The highest BCUT2D eigenvalue weighted by atomic mass is 32.2. The molecule has 2 atom stereocenters. The van der Waals surface area contributed by atoms with Crippen LogP contribution in [0.1, 0.15) is 50.3 Å². The van der Waals surface area contributed by atoms with E-state index in [1.165, 1.54) is 17.0 Å². The number of halogens is 1. The molecule has 2 aromatic carbocycles. The number of amides is 2. The van der Waals surface area contributed by atoms with E-state index in [1.54, 1.807) is 38.1 Å². The molecule has 0 saturated carbocycles. The van der Waals surface area contributed by atoms with Gasteiger partial charge in [-0.2, -0.15) is 0 Å². The maximum atomic E-state index is 13.7. The van der Waals surface area contributed by atoms with Gasteiger partial charge in [-0.3, -0.25) is 13.9 Å². The summed E-state index contributed by atoms with van der Waals surface area (Å²) in [6, 6.07) is 10.2. The molecule has 1 N–H and O–H groups in total. The van der Waals surface area contributed by atoms with E-state index in [1.807, 2.05) is 26.8 Å². The van der Waals surface area contributed by atoms with E-state index in [2.05, 4.69) is 5.32 Å². The Labute approximate surface area is 208 Å². The Morgan fingerprint density at radius 1 is 1.03 bits per heavy atom. The molecule has 0 aromatic heterocycles. The first-order valence-corrected chi connectivity index (χ1v) is 13.6. The average molecular weight is 506 g/mol. The van der Waals surface area contributed by atoms with Crippen LogP contribution in [0.25, 0.3) is 0 Å². The van der Waals surface area contributed by atoms with Crippen LogP contribution < -0.4 is 9.62 Å². The highest BCUT2D eigenvalue weighted by Gasteiger charge is 2.32. The van der Waals surface area contributed by atoms with E-state index in [9.17, 15) is 22.4 Å². The molecule has 35 heavy (non-hydrogen) atoms. The Balaban J connectivity index is 2.47. The lowest BCUT2D eigenvalue weighted by atomic mass is 10.1. The van der Waals surface area contributed by atoms with Gasteiger partial charge in [0.1, 0.15) is 18.4 Å². The number of carbonyl (C=O) groups excluding carboxylic acids is 2. The van der Waals surface area contributed by atoms with Crippen LogP contribution in [0.3, 0.4) is 0 Å². The summed E-state index contributed by atoms with van der Waals surface area (Å²) in [4.78, 5) is 28.1. The van der Waals surface area contributed by atoms with Gasteiger partial charge in [0, 0.05) is 12.6 Å². The van der Waals surface area contributed by atoms with Crippen LogP contribution in [0, 0.1) is 19.7 Å². The minimum absolute atomic E-state index is 0.0376. The summed E-state index contributed by atoms with van der Waals surface area (Å²) in [6.45, 7) is 8.82. The SMILES string of the molecule is CCC(C)NC(=O)C(CC)N(Cc1ccc(F)cc1)C(=O)CN(c1cc(C)ccc1C)S(C)(=O)=O. The lowest BCUT2D eigenvalue weighted by molar-refractivity contribution is -0.140. The lowest BCUT2D eigenvalue weighted by Gasteiger charge is -2.33. The number of carbonyl (C=O) groups is 2. The molecule has 2 unspecified atom stereocenters. The zero-order chi connectivity index (χ0) is 26.3. The summed E-state index contributed by atoms with van der Waals surface area (Å²) in [5, 5.41) is 2.92. The molecule has 0 saturated heterocycles. The summed E-state index contributed by atoms with van der Waals surface area (Å²) < 4.78 is 40.0. The van der Waals surface area contributed by atoms with Crippen LogP contribution in [0.2, 0.25) is 0 Å². The fourth-order valence-electron chi connectivity index (χ4n) is 3.73. The lowest BCUT2D eigenvalue weighted by Crippen LogP contribution is -2.53. The quantitative estimate of drug-likeness (QED) is 0.501. The fourth-order valence-corrected chi connectivity index (χ4v) is 4.63. The van der Waals surface area contributed by atoms with Crippen molar-refractivity contribution in [2.24, 2.45) is 0 Å². The number of nitrogens with zero attached hydrogens (tertiary/aromatic N) is 2. The van der Waals surface area contributed by atoms with Crippen molar-refractivity contribution >= 4 is 27.5 Å². The molecule has 0 radical (unpaired) electrons. The minimum atomic E-state index is -3.80. The number of nitrogens with one attached hydrogen (secondary N) is 1. The second-order valence-electron chi connectivity index (χ2n) is 8.95. The van der Waals surface area contributed by atoms with Crippen LogP contribution in [0.5, 0.6) is 0 Å². The van der Waals surface area contributed by atoms with Crippen molar-refractivity contribution in [1.29, 1.82) is 0 Å². The largest absolute Gasteiger partial charge is 0.352 e. The standard InChI is InChI=1S/C26H36FN3O4S/c1-7-20(5)28-26(32)23(8-2)29(16-21-11-13-22(27)14-12-21)25(31)17-30(35(6,33)34)24-15-18(3)9-10-19(24)4/h9-15,20,23H,7-8,16-17H2,1-6H3,(H,28,32). The zero-order valence-corrected chi connectivity index (χ0v) is 22.2. The van der Waals surface area contributed by atoms with Crippen LogP contribution in [-0.2, 0) is 26.2 Å². The number of anilines is 1. The number of sulfonamides is 1. The van der Waals surface area contributed by atoms with Gasteiger partial charge < -0.3 is 10.2 Å². The number of hydrogen-bond acceptors (Lipinski definition) is 4. The summed E-state index contributed by atoms with van der Waals surface area (Å²) >= 11 is 0. The minimum Gasteiger partial charge on any atom is -0.352 e. The molecule has 2 rings (SSSR count). The first kappa shape index (κ1) is 28.3. The normalized spacial score (nSPS) is 13.1. The van der Waals surface area contributed by atoms with Crippen molar-refractivity contribution in [1.82, 2.24) is 10.2 Å². The van der Waals surface area contributed by atoms with Crippen molar-refractivity contribution in [2.75, 3.05) is 17.1 Å². The smallest absolute Gasteiger partial charge is 0.244 e. The Kier molecular flexibility index (Phi) is 9.82. The van der Waals surface area contributed by atoms with Crippen molar-refractivity contribution in [3.05, 3.63) is 65.0 Å². The molecule has 2 aromatic rings. The van der Waals surface area contributed by atoms with Gasteiger partial charge in [0.25, 0.3) is 0 Å². The molecule has 0 aliphatic carbocycles. The maximum absolute atomic E-state index is 13.7. The van der Waals surface area contributed by atoms with E-state index in [4.69, 9.17) is 0 Å². The summed E-state index contributed by atoms with van der Waals surface area (Å²) in [6.07, 6.45) is 2.11. The number of aryl methyl sites for hydroxylation is 2. The molecule has 0 aliphatic heterocycles. The summed E-state index contributed by atoms with van der Waals surface area (Å²) in [7, 11) is -3.80. The van der Waals surface area contributed by atoms with E-state index in [0.29, 0.717) is 23.2 Å². The molecule has 0 bridgehead atoms. The van der Waals surface area contributed by atoms with Crippen LogP contribution in [0.4, 0.5) is 10.1 Å². The molecule has 0 fully saturated rings. The molecule has 2 amide bonds. The third kappa shape index (κ3) is 7.78. The van der Waals surface area contributed by atoms with Gasteiger partial charge in [0.2, 0.25) is 21.8 Å². The van der Waals surface area contributed by atoms with Gasteiger partial charge in [-0.15, -0.1) is 0 Å². The van der Waals surface area contributed by atoms with E-state index in [-0.39, 0.29) is 18.5 Å². The van der Waals surface area contributed by atoms with Crippen LogP contribution >= 0.6 is 0 Å². The van der Waals surface area contributed by atoms with Gasteiger partial charge in [0.05, 0.1) is 11.9 Å². The molecular formula is C26H36FN3O4S.